The largest absolute Gasteiger partial charge is 0.457 e. The number of hydrogen-bond acceptors (Lipinski definition) is 3. The van der Waals surface area contributed by atoms with Gasteiger partial charge in [0.05, 0.1) is 28.0 Å². The summed E-state index contributed by atoms with van der Waals surface area (Å²) in [6.07, 6.45) is 3.00. The molecule has 0 bridgehead atoms. The van der Waals surface area contributed by atoms with Crippen molar-refractivity contribution in [3.8, 4) is 45.0 Å². The SMILES string of the molecule is C=C1CC(c2ccccc2)=NC(c2ccc(-c3ccc4c(c3)-c3cc5c(-c6ccccc6)nc6ccccc6c5cc3C43c4ccccc4Oc4ccccc43)cc2)=CC1c1ccccc1. The fourth-order valence-corrected chi connectivity index (χ4v) is 10.9. The minimum absolute atomic E-state index is 0.0436. The molecule has 1 aliphatic carbocycles. The molecule has 10 aromatic rings. The number of allylic oxidation sites excluding steroid dienone is 2. The number of fused-ring (bicyclic) bond motifs is 12. The van der Waals surface area contributed by atoms with Crippen molar-refractivity contribution in [2.24, 2.45) is 4.99 Å². The average molecular weight is 843 g/mol. The summed E-state index contributed by atoms with van der Waals surface area (Å²) in [6.45, 7) is 4.61. The van der Waals surface area contributed by atoms with Crippen molar-refractivity contribution in [1.29, 1.82) is 0 Å². The van der Waals surface area contributed by atoms with Crippen LogP contribution in [-0.2, 0) is 5.41 Å². The summed E-state index contributed by atoms with van der Waals surface area (Å²) in [5, 5.41) is 3.46. The van der Waals surface area contributed by atoms with E-state index in [4.69, 9.17) is 14.7 Å². The number of aromatic nitrogens is 1. The van der Waals surface area contributed by atoms with Crippen molar-refractivity contribution in [1.82, 2.24) is 4.98 Å². The molecular weight excluding hydrogens is 801 g/mol. The Bertz CT molecular complexity index is 3600. The third-order valence-corrected chi connectivity index (χ3v) is 14.0. The normalized spacial score (nSPS) is 15.5. The topological polar surface area (TPSA) is 34.5 Å². The minimum Gasteiger partial charge on any atom is -0.457 e. The van der Waals surface area contributed by atoms with Crippen LogP contribution in [0.25, 0.3) is 60.9 Å². The van der Waals surface area contributed by atoms with E-state index in [0.29, 0.717) is 6.42 Å². The second kappa shape index (κ2) is 15.1. The first-order valence-electron chi connectivity index (χ1n) is 22.7. The van der Waals surface area contributed by atoms with E-state index in [9.17, 15) is 0 Å². The smallest absolute Gasteiger partial charge is 0.132 e. The molecule has 310 valence electrons. The van der Waals surface area contributed by atoms with Crippen LogP contribution in [0.5, 0.6) is 11.5 Å². The summed E-state index contributed by atoms with van der Waals surface area (Å²) >= 11 is 0. The maximum atomic E-state index is 6.73. The molecule has 1 atom stereocenters. The lowest BCUT2D eigenvalue weighted by atomic mass is 9.66. The van der Waals surface area contributed by atoms with Gasteiger partial charge in [0.15, 0.2) is 0 Å². The van der Waals surface area contributed by atoms with E-state index in [1.807, 2.05) is 0 Å². The number of hydrogen-bond donors (Lipinski definition) is 0. The van der Waals surface area contributed by atoms with E-state index >= 15 is 0 Å². The summed E-state index contributed by atoms with van der Waals surface area (Å²) < 4.78 is 6.73. The predicted molar refractivity (Wildman–Crippen MR) is 271 cm³/mol. The highest BCUT2D eigenvalue weighted by molar-refractivity contribution is 6.14. The molecule has 0 saturated carbocycles. The lowest BCUT2D eigenvalue weighted by Crippen LogP contribution is -2.32. The molecule has 1 aromatic heterocycles. The lowest BCUT2D eigenvalue weighted by molar-refractivity contribution is 0.436. The first-order chi connectivity index (χ1) is 32.6. The van der Waals surface area contributed by atoms with E-state index in [0.717, 1.165) is 89.4 Å². The highest BCUT2D eigenvalue weighted by atomic mass is 16.5. The number of rotatable bonds is 5. The summed E-state index contributed by atoms with van der Waals surface area (Å²) in [4.78, 5) is 10.7. The number of aliphatic imine (C=N–C) groups is 1. The van der Waals surface area contributed by atoms with Crippen molar-refractivity contribution in [3.05, 3.63) is 276 Å². The van der Waals surface area contributed by atoms with Crippen LogP contribution >= 0.6 is 0 Å². The fraction of sp³-hybridized carbons (Fsp3) is 0.0476. The maximum Gasteiger partial charge on any atom is 0.132 e. The number of nitrogens with zero attached hydrogens (tertiary/aromatic N) is 2. The molecule has 3 aliphatic rings. The monoisotopic (exact) mass is 842 g/mol. The average Bonchev–Trinajstić information content (AvgIpc) is 3.52. The molecule has 3 nitrogen and oxygen atoms in total. The Balaban J connectivity index is 1.01. The molecule has 1 spiro atoms. The Morgan fingerprint density at radius 2 is 1.05 bits per heavy atom. The van der Waals surface area contributed by atoms with Crippen LogP contribution in [0.4, 0.5) is 0 Å². The van der Waals surface area contributed by atoms with Crippen LogP contribution < -0.4 is 4.74 Å². The zero-order valence-corrected chi connectivity index (χ0v) is 36.2. The Morgan fingerprint density at radius 3 is 1.77 bits per heavy atom. The Morgan fingerprint density at radius 1 is 0.455 bits per heavy atom. The van der Waals surface area contributed by atoms with Crippen molar-refractivity contribution < 1.29 is 4.74 Å². The molecule has 0 saturated heterocycles. The van der Waals surface area contributed by atoms with Crippen LogP contribution in [0.1, 0.15) is 51.3 Å². The van der Waals surface area contributed by atoms with Crippen LogP contribution in [0.2, 0.25) is 0 Å². The van der Waals surface area contributed by atoms with Gasteiger partial charge in [-0.3, -0.25) is 4.99 Å². The van der Waals surface area contributed by atoms with Gasteiger partial charge in [0.2, 0.25) is 0 Å². The first kappa shape index (κ1) is 38.1. The van der Waals surface area contributed by atoms with Crippen LogP contribution in [0, 0.1) is 0 Å². The van der Waals surface area contributed by atoms with Crippen molar-refractivity contribution in [2.75, 3.05) is 0 Å². The number of benzene rings is 9. The second-order valence-electron chi connectivity index (χ2n) is 17.7. The fourth-order valence-electron chi connectivity index (χ4n) is 10.9. The van der Waals surface area contributed by atoms with Crippen molar-refractivity contribution in [2.45, 2.75) is 17.8 Å². The molecule has 3 heterocycles. The van der Waals surface area contributed by atoms with Crippen LogP contribution in [-0.4, -0.2) is 10.7 Å². The van der Waals surface area contributed by atoms with E-state index < -0.39 is 5.41 Å². The Kier molecular flexibility index (Phi) is 8.72. The highest BCUT2D eigenvalue weighted by Gasteiger charge is 2.51. The van der Waals surface area contributed by atoms with Gasteiger partial charge in [0, 0.05) is 39.8 Å². The van der Waals surface area contributed by atoms with Gasteiger partial charge < -0.3 is 4.74 Å². The van der Waals surface area contributed by atoms with Gasteiger partial charge in [-0.1, -0.05) is 194 Å². The van der Waals surface area contributed by atoms with E-state index in [1.54, 1.807) is 0 Å². The molecule has 1 unspecified atom stereocenters. The lowest BCUT2D eigenvalue weighted by Gasteiger charge is -2.39. The minimum atomic E-state index is -0.621. The summed E-state index contributed by atoms with van der Waals surface area (Å²) in [5.74, 6) is 1.80. The van der Waals surface area contributed by atoms with Gasteiger partial charge >= 0.3 is 0 Å². The Labute approximate surface area is 384 Å². The van der Waals surface area contributed by atoms with Gasteiger partial charge in [0.25, 0.3) is 0 Å². The highest BCUT2D eigenvalue weighted by Crippen LogP contribution is 2.63. The number of para-hydroxylation sites is 3. The molecule has 0 N–H and O–H groups in total. The Hall–Kier alpha value is -8.40. The molecule has 9 aromatic carbocycles. The molecule has 0 fully saturated rings. The van der Waals surface area contributed by atoms with E-state index in [-0.39, 0.29) is 5.92 Å². The second-order valence-corrected chi connectivity index (χ2v) is 17.7. The zero-order valence-electron chi connectivity index (χ0n) is 36.2. The summed E-state index contributed by atoms with van der Waals surface area (Å²) in [7, 11) is 0. The van der Waals surface area contributed by atoms with Crippen LogP contribution in [0.15, 0.2) is 242 Å². The van der Waals surface area contributed by atoms with Crippen molar-refractivity contribution in [3.63, 3.8) is 0 Å². The summed E-state index contributed by atoms with van der Waals surface area (Å²) in [6, 6.07) is 78.5. The number of pyridine rings is 1. The van der Waals surface area contributed by atoms with Gasteiger partial charge in [-0.2, -0.15) is 0 Å². The molecule has 0 amide bonds. The van der Waals surface area contributed by atoms with Crippen LogP contribution in [0.3, 0.4) is 0 Å². The molecular formula is C63H42N2O. The van der Waals surface area contributed by atoms with Gasteiger partial charge in [0.1, 0.15) is 11.5 Å². The maximum absolute atomic E-state index is 6.73. The zero-order chi connectivity index (χ0) is 43.8. The van der Waals surface area contributed by atoms with E-state index in [2.05, 4.69) is 231 Å². The quantitative estimate of drug-likeness (QED) is 0.128. The molecule has 13 rings (SSSR count). The third kappa shape index (κ3) is 5.90. The first-order valence-corrected chi connectivity index (χ1v) is 22.7. The predicted octanol–water partition coefficient (Wildman–Crippen LogP) is 15.8. The van der Waals surface area contributed by atoms with Crippen molar-refractivity contribution >= 4 is 33.1 Å². The van der Waals surface area contributed by atoms with E-state index in [1.165, 1.54) is 33.2 Å². The third-order valence-electron chi connectivity index (χ3n) is 14.0. The molecule has 2 aliphatic heterocycles. The molecule has 66 heavy (non-hydrogen) atoms. The number of ether oxygens (including phenoxy) is 1. The van der Waals surface area contributed by atoms with Gasteiger partial charge in [-0.25, -0.2) is 4.98 Å². The van der Waals surface area contributed by atoms with Gasteiger partial charge in [-0.15, -0.1) is 0 Å². The standard InChI is InChI=1S/C63H42N2O/c1-40-35-58(43-19-7-3-8-20-43)64-59(39-48(40)42-17-5-2-6-18-42)44-31-29-41(30-32-44)46-33-34-53-50(36-46)51-37-52-49(47-23-11-14-26-57(47)65-62(52)45-21-9-4-10-22-45)38-56(51)63(53)54-24-12-15-27-60(54)66-61-28-16-13-25-55(61)63/h2-34,36-39,48H,1,35H2. The summed E-state index contributed by atoms with van der Waals surface area (Å²) in [5.41, 5.74) is 18.5. The molecule has 3 heteroatoms. The van der Waals surface area contributed by atoms with Gasteiger partial charge in [-0.05, 0) is 97.9 Å². The molecule has 0 radical (unpaired) electrons.